The normalized spacial score (nSPS) is 12.2. The van der Waals surface area contributed by atoms with Crippen molar-refractivity contribution in [3.8, 4) is 0 Å². The highest BCUT2D eigenvalue weighted by molar-refractivity contribution is 6.20. The van der Waals surface area contributed by atoms with Gasteiger partial charge in [-0.05, 0) is 24.5 Å². The van der Waals surface area contributed by atoms with Gasteiger partial charge >= 0.3 is 0 Å². The molecular weight excluding hydrogens is 234 g/mol. The zero-order valence-corrected chi connectivity index (χ0v) is 11.3. The Balaban J connectivity index is 2.58. The van der Waals surface area contributed by atoms with E-state index in [1.165, 1.54) is 0 Å². The SMILES string of the molecule is CCCC(Cl)CNC(=O)c1ccccc1CC. The summed E-state index contributed by atoms with van der Waals surface area (Å²) < 4.78 is 0. The van der Waals surface area contributed by atoms with Gasteiger partial charge in [0.2, 0.25) is 0 Å². The lowest BCUT2D eigenvalue weighted by molar-refractivity contribution is 0.0952. The van der Waals surface area contributed by atoms with E-state index in [1.807, 2.05) is 31.2 Å². The van der Waals surface area contributed by atoms with Crippen LogP contribution in [-0.4, -0.2) is 17.8 Å². The predicted octanol–water partition coefficient (Wildman–Crippen LogP) is 3.39. The second-order valence-corrected chi connectivity index (χ2v) is 4.72. The molecule has 0 spiro atoms. The summed E-state index contributed by atoms with van der Waals surface area (Å²) in [6.45, 7) is 4.67. The van der Waals surface area contributed by atoms with Crippen molar-refractivity contribution in [2.45, 2.75) is 38.5 Å². The topological polar surface area (TPSA) is 29.1 Å². The third kappa shape index (κ3) is 4.39. The first-order valence-electron chi connectivity index (χ1n) is 6.19. The number of amides is 1. The maximum Gasteiger partial charge on any atom is 0.251 e. The minimum Gasteiger partial charge on any atom is -0.351 e. The molecule has 2 nitrogen and oxygen atoms in total. The molecule has 1 amide bonds. The minimum atomic E-state index is -0.0239. The van der Waals surface area contributed by atoms with Gasteiger partial charge in [0.25, 0.3) is 5.91 Å². The highest BCUT2D eigenvalue weighted by Gasteiger charge is 2.11. The van der Waals surface area contributed by atoms with Crippen LogP contribution in [-0.2, 0) is 6.42 Å². The van der Waals surface area contributed by atoms with Gasteiger partial charge in [-0.1, -0.05) is 38.5 Å². The number of aryl methyl sites for hydroxylation is 1. The average molecular weight is 254 g/mol. The summed E-state index contributed by atoms with van der Waals surface area (Å²) in [6, 6.07) is 7.69. The molecule has 0 radical (unpaired) electrons. The molecule has 0 saturated carbocycles. The first-order valence-corrected chi connectivity index (χ1v) is 6.62. The molecule has 1 aromatic carbocycles. The zero-order chi connectivity index (χ0) is 12.7. The molecule has 94 valence electrons. The fourth-order valence-electron chi connectivity index (χ4n) is 1.76. The molecule has 3 heteroatoms. The monoisotopic (exact) mass is 253 g/mol. The maximum absolute atomic E-state index is 12.0. The molecule has 0 saturated heterocycles. The van der Waals surface area contributed by atoms with Crippen molar-refractivity contribution in [2.24, 2.45) is 0 Å². The van der Waals surface area contributed by atoms with Crippen molar-refractivity contribution >= 4 is 17.5 Å². The quantitative estimate of drug-likeness (QED) is 0.774. The number of rotatable bonds is 6. The maximum atomic E-state index is 12.0. The number of benzene rings is 1. The third-order valence-corrected chi connectivity index (χ3v) is 3.10. The van der Waals surface area contributed by atoms with Gasteiger partial charge in [-0.25, -0.2) is 0 Å². The van der Waals surface area contributed by atoms with Gasteiger partial charge in [0.15, 0.2) is 0 Å². The van der Waals surface area contributed by atoms with Crippen molar-refractivity contribution in [3.05, 3.63) is 35.4 Å². The molecular formula is C14H20ClNO. The summed E-state index contributed by atoms with van der Waals surface area (Å²) in [5, 5.41) is 2.91. The van der Waals surface area contributed by atoms with Crippen LogP contribution in [0.2, 0.25) is 0 Å². The summed E-state index contributed by atoms with van der Waals surface area (Å²) in [5.41, 5.74) is 1.84. The lowest BCUT2D eigenvalue weighted by Gasteiger charge is -2.11. The van der Waals surface area contributed by atoms with Crippen molar-refractivity contribution < 1.29 is 4.79 Å². The van der Waals surface area contributed by atoms with Gasteiger partial charge in [0.05, 0.1) is 5.38 Å². The Morgan fingerprint density at radius 2 is 2.06 bits per heavy atom. The van der Waals surface area contributed by atoms with Gasteiger partial charge in [0.1, 0.15) is 0 Å². The molecule has 0 aliphatic rings. The number of carbonyl (C=O) groups is 1. The second-order valence-electron chi connectivity index (χ2n) is 4.11. The fourth-order valence-corrected chi connectivity index (χ4v) is 2.06. The largest absolute Gasteiger partial charge is 0.351 e. The number of carbonyl (C=O) groups excluding carboxylic acids is 1. The third-order valence-electron chi connectivity index (χ3n) is 2.73. The van der Waals surface area contributed by atoms with Gasteiger partial charge in [0, 0.05) is 12.1 Å². The van der Waals surface area contributed by atoms with Crippen LogP contribution in [0, 0.1) is 0 Å². The highest BCUT2D eigenvalue weighted by atomic mass is 35.5. The molecule has 1 rings (SSSR count). The first-order chi connectivity index (χ1) is 8.19. The van der Waals surface area contributed by atoms with Crippen LogP contribution >= 0.6 is 11.6 Å². The van der Waals surface area contributed by atoms with Crippen molar-refractivity contribution in [1.82, 2.24) is 5.32 Å². The summed E-state index contributed by atoms with van der Waals surface area (Å²) in [6.07, 6.45) is 2.83. The van der Waals surface area contributed by atoms with Crippen molar-refractivity contribution in [3.63, 3.8) is 0 Å². The van der Waals surface area contributed by atoms with E-state index >= 15 is 0 Å². The predicted molar refractivity (Wildman–Crippen MR) is 72.7 cm³/mol. The molecule has 0 fully saturated rings. The first kappa shape index (κ1) is 14.0. The van der Waals surface area contributed by atoms with E-state index in [1.54, 1.807) is 0 Å². The summed E-state index contributed by atoms with van der Waals surface area (Å²) in [4.78, 5) is 12.0. The molecule has 1 atom stereocenters. The number of hydrogen-bond acceptors (Lipinski definition) is 1. The van der Waals surface area contributed by atoms with Crippen LogP contribution < -0.4 is 5.32 Å². The average Bonchev–Trinajstić information content (AvgIpc) is 2.36. The zero-order valence-electron chi connectivity index (χ0n) is 10.5. The van der Waals surface area contributed by atoms with Gasteiger partial charge in [-0.2, -0.15) is 0 Å². The van der Waals surface area contributed by atoms with E-state index in [0.717, 1.165) is 30.4 Å². The number of nitrogens with one attached hydrogen (secondary N) is 1. The Labute approximate surface area is 108 Å². The van der Waals surface area contributed by atoms with E-state index in [4.69, 9.17) is 11.6 Å². The number of halogens is 1. The van der Waals surface area contributed by atoms with Gasteiger partial charge in [-0.3, -0.25) is 4.79 Å². The second kappa shape index (κ2) is 7.33. The molecule has 0 bridgehead atoms. The fraction of sp³-hybridized carbons (Fsp3) is 0.500. The van der Waals surface area contributed by atoms with E-state index < -0.39 is 0 Å². The molecule has 0 aromatic heterocycles. The lowest BCUT2D eigenvalue weighted by atomic mass is 10.0. The molecule has 1 aromatic rings. The summed E-state index contributed by atoms with van der Waals surface area (Å²) >= 11 is 6.07. The Kier molecular flexibility index (Phi) is 6.06. The molecule has 0 aliphatic carbocycles. The van der Waals surface area contributed by atoms with E-state index in [9.17, 15) is 4.79 Å². The Hall–Kier alpha value is -1.02. The van der Waals surface area contributed by atoms with Crippen LogP contribution in [0.15, 0.2) is 24.3 Å². The summed E-state index contributed by atoms with van der Waals surface area (Å²) in [7, 11) is 0. The van der Waals surface area contributed by atoms with E-state index in [2.05, 4.69) is 12.2 Å². The smallest absolute Gasteiger partial charge is 0.251 e. The Morgan fingerprint density at radius 1 is 1.35 bits per heavy atom. The lowest BCUT2D eigenvalue weighted by Crippen LogP contribution is -2.30. The van der Waals surface area contributed by atoms with Crippen LogP contribution in [0.1, 0.15) is 42.6 Å². The molecule has 1 N–H and O–H groups in total. The standard InChI is InChI=1S/C14H20ClNO/c1-3-7-12(15)10-16-14(17)13-9-6-5-8-11(13)4-2/h5-6,8-9,12H,3-4,7,10H2,1-2H3,(H,16,17). The van der Waals surface area contributed by atoms with Gasteiger partial charge in [-0.15, -0.1) is 11.6 Å². The van der Waals surface area contributed by atoms with Crippen LogP contribution in [0.3, 0.4) is 0 Å². The highest BCUT2D eigenvalue weighted by Crippen LogP contribution is 2.10. The molecule has 17 heavy (non-hydrogen) atoms. The van der Waals surface area contributed by atoms with Crippen molar-refractivity contribution in [1.29, 1.82) is 0 Å². The van der Waals surface area contributed by atoms with Crippen LogP contribution in [0.5, 0.6) is 0 Å². The summed E-state index contributed by atoms with van der Waals surface area (Å²) in [5.74, 6) is -0.0239. The number of hydrogen-bond donors (Lipinski definition) is 1. The molecule has 0 heterocycles. The Morgan fingerprint density at radius 3 is 2.71 bits per heavy atom. The number of alkyl halides is 1. The van der Waals surface area contributed by atoms with Crippen LogP contribution in [0.25, 0.3) is 0 Å². The minimum absolute atomic E-state index is 0.0239. The molecule has 0 aliphatic heterocycles. The van der Waals surface area contributed by atoms with E-state index in [-0.39, 0.29) is 11.3 Å². The van der Waals surface area contributed by atoms with Crippen molar-refractivity contribution in [2.75, 3.05) is 6.54 Å². The van der Waals surface area contributed by atoms with E-state index in [0.29, 0.717) is 6.54 Å². The molecule has 1 unspecified atom stereocenters. The van der Waals surface area contributed by atoms with Crippen LogP contribution in [0.4, 0.5) is 0 Å². The van der Waals surface area contributed by atoms with Gasteiger partial charge < -0.3 is 5.32 Å². The Bertz CT molecular complexity index is 365.